The Bertz CT molecular complexity index is 481. The lowest BCUT2D eigenvalue weighted by Crippen LogP contribution is -2.52. The fraction of sp³-hybridized carbons (Fsp3) is 0.364. The van der Waals surface area contributed by atoms with Gasteiger partial charge in [-0.15, -0.1) is 24.8 Å². The van der Waals surface area contributed by atoms with Crippen LogP contribution in [0.4, 0.5) is 5.69 Å². The van der Waals surface area contributed by atoms with Gasteiger partial charge in [0.1, 0.15) is 0 Å². The fourth-order valence-corrected chi connectivity index (χ4v) is 1.99. The second kappa shape index (κ2) is 6.80. The van der Waals surface area contributed by atoms with Crippen LogP contribution in [0.15, 0.2) is 24.4 Å². The highest BCUT2D eigenvalue weighted by Crippen LogP contribution is 2.17. The van der Waals surface area contributed by atoms with Crippen molar-refractivity contribution < 1.29 is 0 Å². The maximum atomic E-state index is 4.01. The van der Waals surface area contributed by atoms with Crippen molar-refractivity contribution in [3.63, 3.8) is 0 Å². The topological polar surface area (TPSA) is 64.8 Å². The summed E-state index contributed by atoms with van der Waals surface area (Å²) in [5.41, 5.74) is 2.19. The van der Waals surface area contributed by atoms with Crippen LogP contribution in [0.25, 0.3) is 10.9 Å². The molecule has 1 aromatic carbocycles. The zero-order valence-corrected chi connectivity index (χ0v) is 11.4. The van der Waals surface area contributed by atoms with E-state index in [1.165, 1.54) is 0 Å². The number of benzene rings is 1. The van der Waals surface area contributed by atoms with Gasteiger partial charge in [-0.25, -0.2) is 0 Å². The number of hydrogen-bond acceptors (Lipinski definition) is 4. The van der Waals surface area contributed by atoms with E-state index in [2.05, 4.69) is 38.3 Å². The van der Waals surface area contributed by atoms with Crippen molar-refractivity contribution in [3.8, 4) is 0 Å². The van der Waals surface area contributed by atoms with Gasteiger partial charge in [-0.3, -0.25) is 10.4 Å². The summed E-state index contributed by atoms with van der Waals surface area (Å²) in [6.45, 7) is 2.99. The summed E-state index contributed by atoms with van der Waals surface area (Å²) in [5, 5.41) is 18.3. The summed E-state index contributed by atoms with van der Waals surface area (Å²) in [4.78, 5) is 0. The third kappa shape index (κ3) is 3.26. The molecule has 2 heterocycles. The van der Waals surface area contributed by atoms with Gasteiger partial charge in [-0.2, -0.15) is 5.10 Å². The van der Waals surface area contributed by atoms with Crippen LogP contribution < -0.4 is 16.0 Å². The van der Waals surface area contributed by atoms with Crippen LogP contribution >= 0.6 is 24.8 Å². The Morgan fingerprint density at radius 1 is 1.22 bits per heavy atom. The monoisotopic (exact) mass is 289 g/mol. The molecule has 1 aliphatic rings. The van der Waals surface area contributed by atoms with Gasteiger partial charge in [0.2, 0.25) is 0 Å². The van der Waals surface area contributed by atoms with E-state index in [0.29, 0.717) is 6.17 Å². The highest BCUT2D eigenvalue weighted by molar-refractivity contribution is 5.85. The number of fused-ring (bicyclic) bond motifs is 1. The molecular weight excluding hydrogens is 273 g/mol. The molecule has 2 aromatic rings. The third-order valence-electron chi connectivity index (χ3n) is 2.82. The van der Waals surface area contributed by atoms with E-state index in [1.54, 1.807) is 0 Å². The maximum Gasteiger partial charge on any atom is 0.0896 e. The van der Waals surface area contributed by atoms with E-state index >= 15 is 0 Å². The minimum atomic E-state index is 0. The average molecular weight is 290 g/mol. The second-order valence-electron chi connectivity index (χ2n) is 4.03. The molecule has 0 unspecified atom stereocenters. The predicted molar refractivity (Wildman–Crippen MR) is 78.9 cm³/mol. The SMILES string of the molecule is Cl.Cl.c1cc2[nH]ncc2cc1N[C@@H]1CNCCN1. The summed E-state index contributed by atoms with van der Waals surface area (Å²) >= 11 is 0. The first-order valence-electron chi connectivity index (χ1n) is 5.55. The number of nitrogens with zero attached hydrogens (tertiary/aromatic N) is 1. The van der Waals surface area contributed by atoms with Crippen LogP contribution in [0, 0.1) is 0 Å². The lowest BCUT2D eigenvalue weighted by molar-refractivity contribution is 0.450. The Labute approximate surface area is 118 Å². The number of halogens is 2. The molecule has 1 aliphatic heterocycles. The van der Waals surface area contributed by atoms with E-state index in [9.17, 15) is 0 Å². The van der Waals surface area contributed by atoms with E-state index in [-0.39, 0.29) is 24.8 Å². The van der Waals surface area contributed by atoms with Crippen LogP contribution in [-0.2, 0) is 0 Å². The first kappa shape index (κ1) is 15.0. The molecule has 1 atom stereocenters. The van der Waals surface area contributed by atoms with Crippen molar-refractivity contribution in [2.75, 3.05) is 25.0 Å². The molecule has 0 amide bonds. The molecule has 0 spiro atoms. The van der Waals surface area contributed by atoms with Gasteiger partial charge < -0.3 is 10.6 Å². The number of aromatic amines is 1. The first-order valence-corrected chi connectivity index (χ1v) is 5.55. The number of nitrogens with one attached hydrogen (secondary N) is 4. The predicted octanol–water partition coefficient (Wildman–Crippen LogP) is 1.34. The highest BCUT2D eigenvalue weighted by Gasteiger charge is 2.11. The van der Waals surface area contributed by atoms with Crippen molar-refractivity contribution in [1.82, 2.24) is 20.8 Å². The van der Waals surface area contributed by atoms with Gasteiger partial charge in [0.05, 0.1) is 17.9 Å². The Hall–Kier alpha value is -1.01. The minimum absolute atomic E-state index is 0. The largest absolute Gasteiger partial charge is 0.369 e. The lowest BCUT2D eigenvalue weighted by Gasteiger charge is -2.26. The van der Waals surface area contributed by atoms with Gasteiger partial charge >= 0.3 is 0 Å². The quantitative estimate of drug-likeness (QED) is 0.674. The molecule has 0 saturated carbocycles. The zero-order valence-electron chi connectivity index (χ0n) is 9.77. The third-order valence-corrected chi connectivity index (χ3v) is 2.82. The molecule has 18 heavy (non-hydrogen) atoms. The van der Waals surface area contributed by atoms with E-state index < -0.39 is 0 Å². The molecule has 0 radical (unpaired) electrons. The minimum Gasteiger partial charge on any atom is -0.369 e. The average Bonchev–Trinajstić information content (AvgIpc) is 2.77. The normalized spacial score (nSPS) is 18.8. The lowest BCUT2D eigenvalue weighted by atomic mass is 10.2. The van der Waals surface area contributed by atoms with Crippen LogP contribution in [-0.4, -0.2) is 36.0 Å². The molecule has 4 N–H and O–H groups in total. The summed E-state index contributed by atoms with van der Waals surface area (Å²) in [6, 6.07) is 6.22. The van der Waals surface area contributed by atoms with Gasteiger partial charge in [0.15, 0.2) is 0 Å². The van der Waals surface area contributed by atoms with Crippen molar-refractivity contribution in [1.29, 1.82) is 0 Å². The number of anilines is 1. The number of rotatable bonds is 2. The summed E-state index contributed by atoms with van der Waals surface area (Å²) < 4.78 is 0. The molecule has 3 rings (SSSR count). The summed E-state index contributed by atoms with van der Waals surface area (Å²) in [7, 11) is 0. The standard InChI is InChI=1S/C11H15N5.2ClH/c1-2-10-8(6-14-16-10)5-9(1)15-11-7-12-3-4-13-11;;/h1-2,5-6,11-13,15H,3-4,7H2,(H,14,16);2*1H/t11-;;/m1../s1. The number of aromatic nitrogens is 2. The smallest absolute Gasteiger partial charge is 0.0896 e. The summed E-state index contributed by atoms with van der Waals surface area (Å²) in [6.07, 6.45) is 2.14. The molecule has 100 valence electrons. The fourth-order valence-electron chi connectivity index (χ4n) is 1.99. The van der Waals surface area contributed by atoms with Crippen molar-refractivity contribution in [2.45, 2.75) is 6.17 Å². The molecule has 5 nitrogen and oxygen atoms in total. The van der Waals surface area contributed by atoms with Gasteiger partial charge in [-0.1, -0.05) is 0 Å². The Balaban J connectivity index is 0.000000810. The van der Waals surface area contributed by atoms with Crippen LogP contribution in [0.3, 0.4) is 0 Å². The highest BCUT2D eigenvalue weighted by atomic mass is 35.5. The molecule has 1 saturated heterocycles. The summed E-state index contributed by atoms with van der Waals surface area (Å²) in [5.74, 6) is 0. The van der Waals surface area contributed by atoms with E-state index in [0.717, 1.165) is 36.2 Å². The van der Waals surface area contributed by atoms with E-state index in [1.807, 2.05) is 12.3 Å². The molecule has 1 aromatic heterocycles. The van der Waals surface area contributed by atoms with Crippen molar-refractivity contribution >= 4 is 41.4 Å². The first-order chi connectivity index (χ1) is 7.92. The Morgan fingerprint density at radius 3 is 2.89 bits per heavy atom. The number of hydrogen-bond donors (Lipinski definition) is 4. The maximum absolute atomic E-state index is 4.01. The molecule has 0 bridgehead atoms. The van der Waals surface area contributed by atoms with Gasteiger partial charge in [0.25, 0.3) is 0 Å². The molecule has 7 heteroatoms. The van der Waals surface area contributed by atoms with Crippen LogP contribution in [0.2, 0.25) is 0 Å². The molecule has 1 fully saturated rings. The Morgan fingerprint density at radius 2 is 2.11 bits per heavy atom. The number of piperazine rings is 1. The second-order valence-corrected chi connectivity index (χ2v) is 4.03. The van der Waals surface area contributed by atoms with Gasteiger partial charge in [-0.05, 0) is 18.2 Å². The van der Waals surface area contributed by atoms with Crippen molar-refractivity contribution in [3.05, 3.63) is 24.4 Å². The molecule has 0 aliphatic carbocycles. The molecular formula is C11H17Cl2N5. The van der Waals surface area contributed by atoms with Crippen LogP contribution in [0.5, 0.6) is 0 Å². The van der Waals surface area contributed by atoms with Crippen LogP contribution in [0.1, 0.15) is 0 Å². The Kier molecular flexibility index (Phi) is 5.68. The zero-order chi connectivity index (χ0) is 10.8. The van der Waals surface area contributed by atoms with Crippen molar-refractivity contribution in [2.24, 2.45) is 0 Å². The van der Waals surface area contributed by atoms with E-state index in [4.69, 9.17) is 0 Å². The van der Waals surface area contributed by atoms with Gasteiger partial charge in [0, 0.05) is 30.7 Å². The number of H-pyrrole nitrogens is 1.